The van der Waals surface area contributed by atoms with E-state index in [0.717, 1.165) is 5.69 Å². The molecule has 4 heterocycles. The molecule has 0 atom stereocenters. The molecule has 4 rings (SSSR count). The molecular formula is C18H13N5O. The van der Waals surface area contributed by atoms with Crippen LogP contribution >= 0.6 is 0 Å². The third-order valence-corrected chi connectivity index (χ3v) is 3.67. The Labute approximate surface area is 137 Å². The zero-order chi connectivity index (χ0) is 16.4. The molecule has 24 heavy (non-hydrogen) atoms. The normalized spacial score (nSPS) is 10.8. The predicted molar refractivity (Wildman–Crippen MR) is 90.4 cm³/mol. The first-order valence-corrected chi connectivity index (χ1v) is 7.50. The van der Waals surface area contributed by atoms with Crippen molar-refractivity contribution in [2.45, 2.75) is 6.54 Å². The molecule has 0 saturated heterocycles. The second-order valence-corrected chi connectivity index (χ2v) is 5.25. The fourth-order valence-electron chi connectivity index (χ4n) is 2.55. The number of rotatable bonds is 3. The largest absolute Gasteiger partial charge is 0.293 e. The van der Waals surface area contributed by atoms with Crippen LogP contribution in [-0.4, -0.2) is 24.7 Å². The van der Waals surface area contributed by atoms with E-state index >= 15 is 0 Å². The van der Waals surface area contributed by atoms with Crippen LogP contribution in [-0.2, 0) is 6.54 Å². The molecule has 0 aliphatic heterocycles. The third kappa shape index (κ3) is 2.54. The van der Waals surface area contributed by atoms with Crippen LogP contribution in [0.3, 0.4) is 0 Å². The van der Waals surface area contributed by atoms with Gasteiger partial charge < -0.3 is 0 Å². The highest BCUT2D eigenvalue weighted by Gasteiger charge is 2.14. The maximum Gasteiger partial charge on any atom is 0.293 e. The maximum absolute atomic E-state index is 12.7. The molecular weight excluding hydrogens is 302 g/mol. The van der Waals surface area contributed by atoms with Crippen molar-refractivity contribution in [2.75, 3.05) is 0 Å². The average Bonchev–Trinajstić information content (AvgIpc) is 2.66. The lowest BCUT2D eigenvalue weighted by molar-refractivity contribution is 0.637. The van der Waals surface area contributed by atoms with Gasteiger partial charge in [-0.3, -0.25) is 19.7 Å². The van der Waals surface area contributed by atoms with Crippen LogP contribution in [0.15, 0.2) is 71.9 Å². The van der Waals surface area contributed by atoms with E-state index in [4.69, 9.17) is 0 Å². The Bertz CT molecular complexity index is 1050. The van der Waals surface area contributed by atoms with Gasteiger partial charge in [-0.15, -0.1) is 0 Å². The first-order chi connectivity index (χ1) is 11.8. The summed E-state index contributed by atoms with van der Waals surface area (Å²) < 4.78 is 1.39. The molecule has 0 spiro atoms. The van der Waals surface area contributed by atoms with Gasteiger partial charge in [0.2, 0.25) is 0 Å². The third-order valence-electron chi connectivity index (χ3n) is 3.67. The summed E-state index contributed by atoms with van der Waals surface area (Å²) in [7, 11) is 0. The number of nitrogens with zero attached hydrogens (tertiary/aromatic N) is 5. The van der Waals surface area contributed by atoms with Crippen molar-refractivity contribution >= 4 is 10.9 Å². The zero-order valence-corrected chi connectivity index (χ0v) is 12.7. The van der Waals surface area contributed by atoms with E-state index in [1.807, 2.05) is 42.5 Å². The molecule has 0 radical (unpaired) electrons. The predicted octanol–water partition coefficient (Wildman–Crippen LogP) is 2.30. The molecule has 0 aliphatic carbocycles. The molecule has 116 valence electrons. The molecule has 0 amide bonds. The Balaban J connectivity index is 1.95. The van der Waals surface area contributed by atoms with Crippen molar-refractivity contribution in [2.24, 2.45) is 0 Å². The standard InChI is InChI=1S/C18H13N5O/c24-18-17-14(7-5-11-21-17)16(15-8-2-4-10-20-15)22-23(18)12-13-6-1-3-9-19-13/h1-11H,12H2. The molecule has 0 unspecified atom stereocenters. The Morgan fingerprint density at radius 3 is 2.38 bits per heavy atom. The Morgan fingerprint density at radius 1 is 0.833 bits per heavy atom. The van der Waals surface area contributed by atoms with Crippen molar-refractivity contribution in [1.29, 1.82) is 0 Å². The van der Waals surface area contributed by atoms with Crippen molar-refractivity contribution < 1.29 is 0 Å². The fraction of sp³-hybridized carbons (Fsp3) is 0.0556. The van der Waals surface area contributed by atoms with Crippen LogP contribution in [0, 0.1) is 0 Å². The summed E-state index contributed by atoms with van der Waals surface area (Å²) in [4.78, 5) is 25.6. The van der Waals surface area contributed by atoms with Gasteiger partial charge in [0, 0.05) is 24.0 Å². The lowest BCUT2D eigenvalue weighted by Crippen LogP contribution is -2.25. The van der Waals surface area contributed by atoms with Crippen molar-refractivity contribution in [3.05, 3.63) is 83.2 Å². The monoisotopic (exact) mass is 315 g/mol. The molecule has 4 aromatic rings. The van der Waals surface area contributed by atoms with Crippen LogP contribution in [0.5, 0.6) is 0 Å². The molecule has 4 aromatic heterocycles. The fourth-order valence-corrected chi connectivity index (χ4v) is 2.55. The molecule has 0 saturated carbocycles. The van der Waals surface area contributed by atoms with Crippen LogP contribution in [0.1, 0.15) is 5.69 Å². The van der Waals surface area contributed by atoms with Crippen LogP contribution in [0.4, 0.5) is 0 Å². The summed E-state index contributed by atoms with van der Waals surface area (Å²) in [5.41, 5.74) is 2.23. The SMILES string of the molecule is O=c1c2ncccc2c(-c2ccccn2)nn1Cc1ccccn1. The highest BCUT2D eigenvalue weighted by atomic mass is 16.1. The smallest absolute Gasteiger partial charge is 0.265 e. The van der Waals surface area contributed by atoms with E-state index in [9.17, 15) is 4.79 Å². The highest BCUT2D eigenvalue weighted by Crippen LogP contribution is 2.21. The summed E-state index contributed by atoms with van der Waals surface area (Å²) in [5, 5.41) is 5.22. The Kier molecular flexibility index (Phi) is 3.55. The minimum absolute atomic E-state index is 0.240. The van der Waals surface area contributed by atoms with Gasteiger partial charge in [0.1, 0.15) is 11.2 Å². The lowest BCUT2D eigenvalue weighted by Gasteiger charge is -2.10. The first kappa shape index (κ1) is 14.2. The van der Waals surface area contributed by atoms with Gasteiger partial charge in [0.25, 0.3) is 5.56 Å². The first-order valence-electron chi connectivity index (χ1n) is 7.50. The Morgan fingerprint density at radius 2 is 1.62 bits per heavy atom. The van der Waals surface area contributed by atoms with Crippen molar-refractivity contribution in [1.82, 2.24) is 24.7 Å². The summed E-state index contributed by atoms with van der Waals surface area (Å²) in [6, 6.07) is 14.8. The van der Waals surface area contributed by atoms with Gasteiger partial charge >= 0.3 is 0 Å². The summed E-state index contributed by atoms with van der Waals surface area (Å²) >= 11 is 0. The molecule has 0 aliphatic rings. The highest BCUT2D eigenvalue weighted by molar-refractivity contribution is 5.90. The topological polar surface area (TPSA) is 73.6 Å². The Hall–Kier alpha value is -3.41. The second kappa shape index (κ2) is 6.00. The molecule has 0 fully saturated rings. The molecule has 0 bridgehead atoms. The van der Waals surface area contributed by atoms with E-state index in [1.54, 1.807) is 24.7 Å². The van der Waals surface area contributed by atoms with Crippen LogP contribution < -0.4 is 5.56 Å². The van der Waals surface area contributed by atoms with Gasteiger partial charge in [-0.25, -0.2) is 4.68 Å². The summed E-state index contributed by atoms with van der Waals surface area (Å²) in [6.45, 7) is 0.284. The second-order valence-electron chi connectivity index (χ2n) is 5.25. The van der Waals surface area contributed by atoms with Gasteiger partial charge in [-0.2, -0.15) is 5.10 Å². The van der Waals surface area contributed by atoms with Gasteiger partial charge in [-0.05, 0) is 36.4 Å². The van der Waals surface area contributed by atoms with E-state index in [2.05, 4.69) is 20.1 Å². The van der Waals surface area contributed by atoms with Gasteiger partial charge in [-0.1, -0.05) is 12.1 Å². The number of fused-ring (bicyclic) bond motifs is 1. The van der Waals surface area contributed by atoms with E-state index in [1.165, 1.54) is 4.68 Å². The minimum Gasteiger partial charge on any atom is -0.265 e. The average molecular weight is 315 g/mol. The van der Waals surface area contributed by atoms with Gasteiger partial charge in [0.05, 0.1) is 17.9 Å². The van der Waals surface area contributed by atoms with E-state index in [0.29, 0.717) is 22.3 Å². The lowest BCUT2D eigenvalue weighted by atomic mass is 10.1. The van der Waals surface area contributed by atoms with Gasteiger partial charge in [0.15, 0.2) is 0 Å². The summed E-state index contributed by atoms with van der Waals surface area (Å²) in [6.07, 6.45) is 5.00. The molecule has 0 N–H and O–H groups in total. The minimum atomic E-state index is -0.240. The van der Waals surface area contributed by atoms with E-state index in [-0.39, 0.29) is 12.1 Å². The van der Waals surface area contributed by atoms with E-state index < -0.39 is 0 Å². The van der Waals surface area contributed by atoms with Crippen LogP contribution in [0.25, 0.3) is 22.3 Å². The van der Waals surface area contributed by atoms with Crippen molar-refractivity contribution in [3.8, 4) is 11.4 Å². The molecule has 6 nitrogen and oxygen atoms in total. The summed E-state index contributed by atoms with van der Waals surface area (Å²) in [5.74, 6) is 0. The molecule has 0 aromatic carbocycles. The number of pyridine rings is 3. The van der Waals surface area contributed by atoms with Crippen molar-refractivity contribution in [3.63, 3.8) is 0 Å². The number of hydrogen-bond donors (Lipinski definition) is 0. The van der Waals surface area contributed by atoms with Crippen LogP contribution in [0.2, 0.25) is 0 Å². The number of aromatic nitrogens is 5. The zero-order valence-electron chi connectivity index (χ0n) is 12.7. The number of hydrogen-bond acceptors (Lipinski definition) is 5. The molecule has 6 heteroatoms. The maximum atomic E-state index is 12.7. The quantitative estimate of drug-likeness (QED) is 0.580.